The van der Waals surface area contributed by atoms with Gasteiger partial charge in [-0.1, -0.05) is 6.92 Å². The minimum absolute atomic E-state index is 0.341. The number of carboxylic acids is 1. The topological polar surface area (TPSA) is 75.4 Å². The fourth-order valence-corrected chi connectivity index (χ4v) is 0.921. The molecule has 0 saturated carbocycles. The van der Waals surface area contributed by atoms with Crippen molar-refractivity contribution in [2.24, 2.45) is 0 Å². The Bertz CT molecular complexity index is 309. The van der Waals surface area contributed by atoms with Crippen molar-refractivity contribution in [2.45, 2.75) is 32.9 Å². The Morgan fingerprint density at radius 1 is 1.79 bits per heavy atom. The van der Waals surface area contributed by atoms with Crippen molar-refractivity contribution in [3.05, 3.63) is 17.8 Å². The van der Waals surface area contributed by atoms with Crippen LogP contribution in [0.4, 0.5) is 0 Å². The molecule has 0 amide bonds. The summed E-state index contributed by atoms with van der Waals surface area (Å²) in [5, 5.41) is 11.4. The molecule has 1 aromatic heterocycles. The summed E-state index contributed by atoms with van der Waals surface area (Å²) in [5.74, 6) is 0.451. The maximum Gasteiger partial charge on any atom is 0.320 e. The maximum atomic E-state index is 10.5. The molecule has 0 aliphatic heterocycles. The van der Waals surface area contributed by atoms with Gasteiger partial charge in [0.05, 0.1) is 12.7 Å². The highest BCUT2D eigenvalue weighted by atomic mass is 16.4. The van der Waals surface area contributed by atoms with E-state index in [4.69, 9.17) is 9.52 Å². The molecule has 5 nitrogen and oxygen atoms in total. The summed E-state index contributed by atoms with van der Waals surface area (Å²) in [6.45, 7) is 3.89. The highest BCUT2D eigenvalue weighted by Crippen LogP contribution is 2.03. The number of nitrogens with zero attached hydrogens (tertiary/aromatic N) is 1. The number of carboxylic acid groups (broad SMARTS) is 1. The lowest BCUT2D eigenvalue weighted by Crippen LogP contribution is -2.33. The molecule has 0 fully saturated rings. The van der Waals surface area contributed by atoms with Gasteiger partial charge in [0, 0.05) is 6.42 Å². The predicted octanol–water partition coefficient (Wildman–Crippen LogP) is 0.800. The molecular weight excluding hydrogens is 184 g/mol. The van der Waals surface area contributed by atoms with Crippen LogP contribution in [0.3, 0.4) is 0 Å². The van der Waals surface area contributed by atoms with E-state index in [9.17, 15) is 4.79 Å². The summed E-state index contributed by atoms with van der Waals surface area (Å²) in [6.07, 6.45) is 2.45. The van der Waals surface area contributed by atoms with Crippen LogP contribution in [-0.2, 0) is 17.8 Å². The van der Waals surface area contributed by atoms with Crippen LogP contribution in [0.2, 0.25) is 0 Å². The van der Waals surface area contributed by atoms with Gasteiger partial charge in [0.15, 0.2) is 0 Å². The fraction of sp³-hybridized carbons (Fsp3) is 0.556. The standard InChI is InChI=1S/C9H14N2O3/c1-3-7-4-11-8(14-7)5-10-6(2)9(12)13/h4,6,10H,3,5H2,1-2H3,(H,12,13). The van der Waals surface area contributed by atoms with Crippen molar-refractivity contribution in [3.63, 3.8) is 0 Å². The predicted molar refractivity (Wildman–Crippen MR) is 49.8 cm³/mol. The molecule has 1 heterocycles. The van der Waals surface area contributed by atoms with Gasteiger partial charge in [0.1, 0.15) is 11.8 Å². The lowest BCUT2D eigenvalue weighted by molar-refractivity contribution is -0.139. The molecule has 2 N–H and O–H groups in total. The number of nitrogens with one attached hydrogen (secondary N) is 1. The third-order valence-corrected chi connectivity index (χ3v) is 1.88. The number of rotatable bonds is 5. The highest BCUT2D eigenvalue weighted by molar-refractivity contribution is 5.72. The smallest absolute Gasteiger partial charge is 0.320 e. The Morgan fingerprint density at radius 2 is 2.50 bits per heavy atom. The van der Waals surface area contributed by atoms with Gasteiger partial charge in [0.2, 0.25) is 5.89 Å². The number of aromatic nitrogens is 1. The van der Waals surface area contributed by atoms with Gasteiger partial charge in [-0.3, -0.25) is 10.1 Å². The van der Waals surface area contributed by atoms with Crippen molar-refractivity contribution < 1.29 is 14.3 Å². The Kier molecular flexibility index (Phi) is 3.64. The van der Waals surface area contributed by atoms with Gasteiger partial charge in [-0.25, -0.2) is 4.98 Å². The molecule has 5 heteroatoms. The average molecular weight is 198 g/mol. The maximum absolute atomic E-state index is 10.5. The van der Waals surface area contributed by atoms with E-state index < -0.39 is 12.0 Å². The van der Waals surface area contributed by atoms with Crippen LogP contribution in [0, 0.1) is 0 Å². The molecule has 1 aromatic rings. The molecule has 0 radical (unpaired) electrons. The Balaban J connectivity index is 2.41. The third kappa shape index (κ3) is 2.85. The van der Waals surface area contributed by atoms with Crippen LogP contribution in [0.25, 0.3) is 0 Å². The Hall–Kier alpha value is -1.36. The summed E-state index contributed by atoms with van der Waals surface area (Å²) in [5.41, 5.74) is 0. The van der Waals surface area contributed by atoms with Crippen molar-refractivity contribution in [2.75, 3.05) is 0 Å². The average Bonchev–Trinajstić information content (AvgIpc) is 2.61. The first-order valence-electron chi connectivity index (χ1n) is 4.53. The Morgan fingerprint density at radius 3 is 3.00 bits per heavy atom. The van der Waals surface area contributed by atoms with Crippen LogP contribution in [-0.4, -0.2) is 22.1 Å². The van der Waals surface area contributed by atoms with E-state index in [2.05, 4.69) is 10.3 Å². The zero-order valence-electron chi connectivity index (χ0n) is 8.28. The largest absolute Gasteiger partial charge is 0.480 e. The zero-order chi connectivity index (χ0) is 10.6. The van der Waals surface area contributed by atoms with E-state index in [-0.39, 0.29) is 0 Å². The molecule has 0 aliphatic rings. The first-order valence-corrected chi connectivity index (χ1v) is 4.53. The van der Waals surface area contributed by atoms with E-state index in [1.54, 1.807) is 13.1 Å². The number of aryl methyl sites for hydroxylation is 1. The van der Waals surface area contributed by atoms with E-state index in [1.807, 2.05) is 6.92 Å². The number of hydrogen-bond donors (Lipinski definition) is 2. The van der Waals surface area contributed by atoms with Crippen molar-refractivity contribution in [1.29, 1.82) is 0 Å². The Labute approximate surface area is 82.1 Å². The van der Waals surface area contributed by atoms with E-state index >= 15 is 0 Å². The molecule has 1 atom stereocenters. The van der Waals surface area contributed by atoms with Gasteiger partial charge in [-0.15, -0.1) is 0 Å². The SMILES string of the molecule is CCc1cnc(CNC(C)C(=O)O)o1. The molecule has 0 saturated heterocycles. The highest BCUT2D eigenvalue weighted by Gasteiger charge is 2.11. The summed E-state index contributed by atoms with van der Waals surface area (Å²) in [4.78, 5) is 14.5. The minimum atomic E-state index is -0.882. The molecule has 0 aliphatic carbocycles. The quantitative estimate of drug-likeness (QED) is 0.731. The number of oxazole rings is 1. The van der Waals surface area contributed by atoms with Gasteiger partial charge < -0.3 is 9.52 Å². The molecule has 1 unspecified atom stereocenters. The van der Waals surface area contributed by atoms with Crippen LogP contribution < -0.4 is 5.32 Å². The third-order valence-electron chi connectivity index (χ3n) is 1.88. The second kappa shape index (κ2) is 4.76. The second-order valence-electron chi connectivity index (χ2n) is 3.01. The van der Waals surface area contributed by atoms with Crippen molar-refractivity contribution >= 4 is 5.97 Å². The van der Waals surface area contributed by atoms with Crippen LogP contribution in [0.1, 0.15) is 25.5 Å². The molecule has 14 heavy (non-hydrogen) atoms. The van der Waals surface area contributed by atoms with Gasteiger partial charge in [0.25, 0.3) is 0 Å². The zero-order valence-corrected chi connectivity index (χ0v) is 8.28. The van der Waals surface area contributed by atoms with E-state index in [1.165, 1.54) is 0 Å². The summed E-state index contributed by atoms with van der Waals surface area (Å²) in [6, 6.07) is -0.591. The summed E-state index contributed by atoms with van der Waals surface area (Å²) >= 11 is 0. The normalized spacial score (nSPS) is 12.7. The lowest BCUT2D eigenvalue weighted by atomic mass is 10.3. The molecule has 1 rings (SSSR count). The molecule has 78 valence electrons. The molecule has 0 bridgehead atoms. The summed E-state index contributed by atoms with van der Waals surface area (Å²) < 4.78 is 5.30. The number of hydrogen-bond acceptors (Lipinski definition) is 4. The van der Waals surface area contributed by atoms with E-state index in [0.717, 1.165) is 12.2 Å². The molecular formula is C9H14N2O3. The van der Waals surface area contributed by atoms with Gasteiger partial charge in [-0.2, -0.15) is 0 Å². The monoisotopic (exact) mass is 198 g/mol. The summed E-state index contributed by atoms with van der Waals surface area (Å²) in [7, 11) is 0. The van der Waals surface area contributed by atoms with Crippen molar-refractivity contribution in [3.8, 4) is 0 Å². The minimum Gasteiger partial charge on any atom is -0.480 e. The second-order valence-corrected chi connectivity index (χ2v) is 3.01. The van der Waals surface area contributed by atoms with Crippen LogP contribution in [0.15, 0.2) is 10.6 Å². The molecule has 0 spiro atoms. The molecule has 0 aromatic carbocycles. The van der Waals surface area contributed by atoms with Gasteiger partial charge in [-0.05, 0) is 6.92 Å². The number of aliphatic carboxylic acids is 1. The van der Waals surface area contributed by atoms with E-state index in [0.29, 0.717) is 12.4 Å². The van der Waals surface area contributed by atoms with Crippen LogP contribution >= 0.6 is 0 Å². The number of carbonyl (C=O) groups is 1. The van der Waals surface area contributed by atoms with Gasteiger partial charge >= 0.3 is 5.97 Å². The fourth-order valence-electron chi connectivity index (χ4n) is 0.921. The first-order chi connectivity index (χ1) is 6.63. The lowest BCUT2D eigenvalue weighted by Gasteiger charge is -2.05. The van der Waals surface area contributed by atoms with Crippen LogP contribution in [0.5, 0.6) is 0 Å². The van der Waals surface area contributed by atoms with Crippen molar-refractivity contribution in [1.82, 2.24) is 10.3 Å². The first kappa shape index (κ1) is 10.7.